The lowest BCUT2D eigenvalue weighted by atomic mass is 10.1. The molecule has 2 heterocycles. The van der Waals surface area contributed by atoms with E-state index in [1.165, 1.54) is 0 Å². The average molecular weight is 273 g/mol. The Bertz CT molecular complexity index is 643. The van der Waals surface area contributed by atoms with Crippen LogP contribution in [0.3, 0.4) is 0 Å². The standard InChI is InChI=1S/C16H20FN3/c1-10(2)16-19-13-9-18-7-6-14(13)20(16)15-8-11(3)4-5-12(15)17/h4-5,8,10,18H,6-7,9H2,1-3H3. The van der Waals surface area contributed by atoms with Crippen molar-refractivity contribution in [3.63, 3.8) is 0 Å². The van der Waals surface area contributed by atoms with E-state index >= 15 is 0 Å². The van der Waals surface area contributed by atoms with Gasteiger partial charge in [0.05, 0.1) is 11.4 Å². The smallest absolute Gasteiger partial charge is 0.147 e. The van der Waals surface area contributed by atoms with Gasteiger partial charge in [0, 0.05) is 31.1 Å². The normalized spacial score (nSPS) is 14.7. The molecule has 0 atom stereocenters. The molecule has 20 heavy (non-hydrogen) atoms. The average Bonchev–Trinajstić information content (AvgIpc) is 2.81. The van der Waals surface area contributed by atoms with Crippen LogP contribution >= 0.6 is 0 Å². The number of benzene rings is 1. The maximum Gasteiger partial charge on any atom is 0.147 e. The minimum atomic E-state index is -0.184. The lowest BCUT2D eigenvalue weighted by Gasteiger charge is -2.18. The first-order chi connectivity index (χ1) is 9.58. The third-order valence-electron chi connectivity index (χ3n) is 3.77. The first-order valence-electron chi connectivity index (χ1n) is 7.15. The predicted molar refractivity (Wildman–Crippen MR) is 77.8 cm³/mol. The number of imidazole rings is 1. The topological polar surface area (TPSA) is 29.9 Å². The molecule has 0 bridgehead atoms. The zero-order valence-corrected chi connectivity index (χ0v) is 12.2. The van der Waals surface area contributed by atoms with E-state index in [2.05, 4.69) is 19.2 Å². The van der Waals surface area contributed by atoms with Crippen molar-refractivity contribution in [2.75, 3.05) is 6.54 Å². The van der Waals surface area contributed by atoms with Crippen LogP contribution in [0, 0.1) is 12.7 Å². The molecule has 106 valence electrons. The van der Waals surface area contributed by atoms with E-state index < -0.39 is 0 Å². The number of hydrogen-bond acceptors (Lipinski definition) is 2. The summed E-state index contributed by atoms with van der Waals surface area (Å²) in [6.45, 7) is 7.89. The van der Waals surface area contributed by atoms with Gasteiger partial charge in [-0.25, -0.2) is 9.37 Å². The van der Waals surface area contributed by atoms with Crippen LogP contribution in [0.15, 0.2) is 18.2 Å². The summed E-state index contributed by atoms with van der Waals surface area (Å²) in [4.78, 5) is 4.73. The number of nitrogens with zero attached hydrogens (tertiary/aromatic N) is 2. The second-order valence-corrected chi connectivity index (χ2v) is 5.74. The third-order valence-corrected chi connectivity index (χ3v) is 3.77. The van der Waals surface area contributed by atoms with Crippen molar-refractivity contribution in [2.45, 2.75) is 39.7 Å². The molecule has 0 saturated heterocycles. The molecule has 0 saturated carbocycles. The first-order valence-corrected chi connectivity index (χ1v) is 7.15. The van der Waals surface area contributed by atoms with Gasteiger partial charge in [0.25, 0.3) is 0 Å². The van der Waals surface area contributed by atoms with E-state index in [1.54, 1.807) is 12.1 Å². The SMILES string of the molecule is Cc1ccc(F)c(-n2c(C(C)C)nc3c2CCNC3)c1. The Labute approximate surface area is 118 Å². The van der Waals surface area contributed by atoms with Gasteiger partial charge in [0.1, 0.15) is 11.6 Å². The van der Waals surface area contributed by atoms with Crippen LogP contribution in [0.5, 0.6) is 0 Å². The number of aryl methyl sites for hydroxylation is 1. The van der Waals surface area contributed by atoms with Gasteiger partial charge in [-0.2, -0.15) is 0 Å². The van der Waals surface area contributed by atoms with Crippen LogP contribution < -0.4 is 5.32 Å². The number of nitrogens with one attached hydrogen (secondary N) is 1. The summed E-state index contributed by atoms with van der Waals surface area (Å²) in [6, 6.07) is 5.26. The Morgan fingerprint density at radius 1 is 1.35 bits per heavy atom. The van der Waals surface area contributed by atoms with Gasteiger partial charge >= 0.3 is 0 Å². The summed E-state index contributed by atoms with van der Waals surface area (Å²) < 4.78 is 16.3. The van der Waals surface area contributed by atoms with Crippen LogP contribution in [-0.2, 0) is 13.0 Å². The van der Waals surface area contributed by atoms with Crippen molar-refractivity contribution in [3.05, 3.63) is 46.8 Å². The van der Waals surface area contributed by atoms with Crippen LogP contribution in [0.25, 0.3) is 5.69 Å². The van der Waals surface area contributed by atoms with E-state index in [1.807, 2.05) is 17.6 Å². The third kappa shape index (κ3) is 2.14. The molecule has 1 aliphatic heterocycles. The summed E-state index contributed by atoms with van der Waals surface area (Å²) in [5.41, 5.74) is 3.90. The minimum Gasteiger partial charge on any atom is -0.311 e. The number of halogens is 1. The van der Waals surface area contributed by atoms with E-state index in [9.17, 15) is 4.39 Å². The molecule has 1 aliphatic rings. The van der Waals surface area contributed by atoms with Crippen LogP contribution in [-0.4, -0.2) is 16.1 Å². The maximum atomic E-state index is 14.3. The Morgan fingerprint density at radius 2 is 2.15 bits per heavy atom. The highest BCUT2D eigenvalue weighted by molar-refractivity contribution is 5.42. The van der Waals surface area contributed by atoms with Crippen molar-refractivity contribution in [1.82, 2.24) is 14.9 Å². The molecule has 0 fully saturated rings. The lowest BCUT2D eigenvalue weighted by molar-refractivity contribution is 0.595. The van der Waals surface area contributed by atoms with Gasteiger partial charge in [0.15, 0.2) is 0 Å². The van der Waals surface area contributed by atoms with Gasteiger partial charge in [-0.05, 0) is 24.6 Å². The zero-order chi connectivity index (χ0) is 14.3. The number of aromatic nitrogens is 2. The minimum absolute atomic E-state index is 0.184. The van der Waals surface area contributed by atoms with Crippen molar-refractivity contribution < 1.29 is 4.39 Å². The largest absolute Gasteiger partial charge is 0.311 e. The highest BCUT2D eigenvalue weighted by atomic mass is 19.1. The Kier molecular flexibility index (Phi) is 3.34. The number of fused-ring (bicyclic) bond motifs is 1. The molecule has 1 aromatic carbocycles. The monoisotopic (exact) mass is 273 g/mol. The zero-order valence-electron chi connectivity index (χ0n) is 12.2. The van der Waals surface area contributed by atoms with Gasteiger partial charge < -0.3 is 5.32 Å². The van der Waals surface area contributed by atoms with Gasteiger partial charge in [-0.3, -0.25) is 4.57 Å². The fourth-order valence-corrected chi connectivity index (χ4v) is 2.78. The second-order valence-electron chi connectivity index (χ2n) is 5.74. The van der Waals surface area contributed by atoms with E-state index in [-0.39, 0.29) is 11.7 Å². The lowest BCUT2D eigenvalue weighted by Crippen LogP contribution is -2.25. The molecule has 4 heteroatoms. The molecule has 3 nitrogen and oxygen atoms in total. The van der Waals surface area contributed by atoms with Gasteiger partial charge in [-0.1, -0.05) is 19.9 Å². The summed E-state index contributed by atoms with van der Waals surface area (Å²) in [7, 11) is 0. The summed E-state index contributed by atoms with van der Waals surface area (Å²) in [5, 5.41) is 3.33. The molecular formula is C16H20FN3. The summed E-state index contributed by atoms with van der Waals surface area (Å²) in [5.74, 6) is 1.03. The molecule has 1 N–H and O–H groups in total. The van der Waals surface area contributed by atoms with Crippen molar-refractivity contribution >= 4 is 0 Å². The molecule has 1 aromatic heterocycles. The first kappa shape index (κ1) is 13.3. The van der Waals surface area contributed by atoms with Gasteiger partial charge in [0.2, 0.25) is 0 Å². The van der Waals surface area contributed by atoms with Crippen molar-refractivity contribution in [3.8, 4) is 5.69 Å². The quantitative estimate of drug-likeness (QED) is 0.911. The Hall–Kier alpha value is -1.68. The molecule has 0 unspecified atom stereocenters. The molecule has 0 amide bonds. The van der Waals surface area contributed by atoms with Crippen molar-refractivity contribution in [1.29, 1.82) is 0 Å². The molecular weight excluding hydrogens is 253 g/mol. The number of hydrogen-bond donors (Lipinski definition) is 1. The predicted octanol–water partition coefficient (Wildman–Crippen LogP) is 3.09. The second kappa shape index (κ2) is 5.02. The molecule has 2 aromatic rings. The van der Waals surface area contributed by atoms with Crippen LogP contribution in [0.4, 0.5) is 4.39 Å². The fourth-order valence-electron chi connectivity index (χ4n) is 2.78. The fraction of sp³-hybridized carbons (Fsp3) is 0.438. The summed E-state index contributed by atoms with van der Waals surface area (Å²) >= 11 is 0. The van der Waals surface area contributed by atoms with Crippen molar-refractivity contribution in [2.24, 2.45) is 0 Å². The van der Waals surface area contributed by atoms with E-state index in [4.69, 9.17) is 4.98 Å². The highest BCUT2D eigenvalue weighted by Crippen LogP contribution is 2.27. The maximum absolute atomic E-state index is 14.3. The van der Waals surface area contributed by atoms with E-state index in [0.717, 1.165) is 42.3 Å². The van der Waals surface area contributed by atoms with Crippen LogP contribution in [0.1, 0.15) is 42.5 Å². The number of rotatable bonds is 2. The molecule has 0 spiro atoms. The molecule has 0 aliphatic carbocycles. The summed E-state index contributed by atoms with van der Waals surface area (Å²) in [6.07, 6.45) is 0.891. The Morgan fingerprint density at radius 3 is 2.90 bits per heavy atom. The van der Waals surface area contributed by atoms with Gasteiger partial charge in [-0.15, -0.1) is 0 Å². The van der Waals surface area contributed by atoms with E-state index in [0.29, 0.717) is 5.69 Å². The molecule has 3 rings (SSSR count). The Balaban J connectivity index is 2.25. The molecule has 0 radical (unpaired) electrons. The highest BCUT2D eigenvalue weighted by Gasteiger charge is 2.23. The van der Waals surface area contributed by atoms with Crippen LogP contribution in [0.2, 0.25) is 0 Å².